The minimum absolute atomic E-state index is 0.150. The van der Waals surface area contributed by atoms with Gasteiger partial charge in [0.15, 0.2) is 0 Å². The van der Waals surface area contributed by atoms with Crippen LogP contribution in [0.4, 0.5) is 5.69 Å². The van der Waals surface area contributed by atoms with Crippen molar-refractivity contribution in [3.8, 4) is 0 Å². The summed E-state index contributed by atoms with van der Waals surface area (Å²) in [7, 11) is 0. The number of para-hydroxylation sites is 1. The molecule has 1 N–H and O–H groups in total. The van der Waals surface area contributed by atoms with E-state index in [1.165, 1.54) is 15.3 Å². The number of carboxylic acids is 1. The average Bonchev–Trinajstić information content (AvgIpc) is 2.73. The first kappa shape index (κ1) is 14.6. The third-order valence-corrected chi connectivity index (χ3v) is 4.23. The second kappa shape index (κ2) is 6.57. The number of carboxylic acid groups (broad SMARTS) is 1. The van der Waals surface area contributed by atoms with E-state index in [-0.39, 0.29) is 6.42 Å². The van der Waals surface area contributed by atoms with E-state index in [1.54, 1.807) is 11.3 Å². The second-order valence-corrected chi connectivity index (χ2v) is 6.30. The van der Waals surface area contributed by atoms with Crippen LogP contribution in [0.1, 0.15) is 21.7 Å². The highest BCUT2D eigenvalue weighted by molar-refractivity contribution is 7.12. The van der Waals surface area contributed by atoms with E-state index in [0.717, 1.165) is 12.2 Å². The van der Waals surface area contributed by atoms with Crippen molar-refractivity contribution in [3.05, 3.63) is 51.7 Å². The number of hydrogen-bond donors (Lipinski definition) is 1. The summed E-state index contributed by atoms with van der Waals surface area (Å²) >= 11 is 1.79. The number of aryl methyl sites for hydroxylation is 2. The topological polar surface area (TPSA) is 40.5 Å². The molecule has 1 aromatic heterocycles. The van der Waals surface area contributed by atoms with Crippen molar-refractivity contribution < 1.29 is 9.90 Å². The highest BCUT2D eigenvalue weighted by Crippen LogP contribution is 2.24. The molecule has 4 heteroatoms. The number of nitrogens with zero attached hydrogens (tertiary/aromatic N) is 1. The molecule has 3 nitrogen and oxygen atoms in total. The van der Waals surface area contributed by atoms with Crippen molar-refractivity contribution in [1.29, 1.82) is 0 Å². The Kier molecular flexibility index (Phi) is 4.79. The predicted molar refractivity (Wildman–Crippen MR) is 83.5 cm³/mol. The number of thiophene rings is 1. The van der Waals surface area contributed by atoms with Gasteiger partial charge >= 0.3 is 5.97 Å². The van der Waals surface area contributed by atoms with Gasteiger partial charge in [-0.15, -0.1) is 11.3 Å². The van der Waals surface area contributed by atoms with E-state index in [2.05, 4.69) is 24.8 Å². The molecule has 0 fully saturated rings. The van der Waals surface area contributed by atoms with Crippen LogP contribution in [0.25, 0.3) is 0 Å². The molecule has 1 aromatic carbocycles. The average molecular weight is 289 g/mol. The fourth-order valence-corrected chi connectivity index (χ4v) is 3.15. The number of rotatable bonds is 6. The maximum Gasteiger partial charge on any atom is 0.305 e. The quantitative estimate of drug-likeness (QED) is 0.878. The molecule has 0 radical (unpaired) electrons. The molecule has 2 aromatic rings. The molecule has 0 bridgehead atoms. The summed E-state index contributed by atoms with van der Waals surface area (Å²) in [6.07, 6.45) is 0.150. The Morgan fingerprint density at radius 2 is 1.95 bits per heavy atom. The van der Waals surface area contributed by atoms with Crippen LogP contribution in [0.5, 0.6) is 0 Å². The first-order valence-electron chi connectivity index (χ1n) is 6.64. The fourth-order valence-electron chi connectivity index (χ4n) is 2.21. The largest absolute Gasteiger partial charge is 0.481 e. The van der Waals surface area contributed by atoms with Gasteiger partial charge in [-0.2, -0.15) is 0 Å². The van der Waals surface area contributed by atoms with Gasteiger partial charge < -0.3 is 10.0 Å². The zero-order valence-corrected chi connectivity index (χ0v) is 12.6. The Hall–Kier alpha value is -1.81. The van der Waals surface area contributed by atoms with Crippen LogP contribution in [-0.4, -0.2) is 17.6 Å². The first-order valence-corrected chi connectivity index (χ1v) is 7.45. The monoisotopic (exact) mass is 289 g/mol. The number of hydrogen-bond acceptors (Lipinski definition) is 3. The maximum absolute atomic E-state index is 10.8. The van der Waals surface area contributed by atoms with Gasteiger partial charge in [-0.1, -0.05) is 18.2 Å². The van der Waals surface area contributed by atoms with Gasteiger partial charge in [-0.3, -0.25) is 4.79 Å². The second-order valence-electron chi connectivity index (χ2n) is 4.84. The summed E-state index contributed by atoms with van der Waals surface area (Å²) in [5, 5.41) is 8.91. The Balaban J connectivity index is 2.18. The first-order chi connectivity index (χ1) is 9.56. The predicted octanol–water partition coefficient (Wildman–Crippen LogP) is 3.85. The number of aliphatic carboxylic acids is 1. The van der Waals surface area contributed by atoms with Crippen LogP contribution in [0.15, 0.2) is 36.4 Å². The van der Waals surface area contributed by atoms with Gasteiger partial charge in [0.05, 0.1) is 6.42 Å². The molecule has 0 spiro atoms. The minimum Gasteiger partial charge on any atom is -0.481 e. The van der Waals surface area contributed by atoms with Gasteiger partial charge in [0.25, 0.3) is 0 Å². The Labute approximate surface area is 123 Å². The van der Waals surface area contributed by atoms with Crippen LogP contribution in [0.2, 0.25) is 0 Å². The lowest BCUT2D eigenvalue weighted by Crippen LogP contribution is -2.25. The smallest absolute Gasteiger partial charge is 0.305 e. The highest BCUT2D eigenvalue weighted by Gasteiger charge is 2.12. The zero-order chi connectivity index (χ0) is 14.5. The SMILES string of the molecule is Cc1cc(CN(CCC(=O)O)c2ccccc2)c(C)s1. The Bertz CT molecular complexity index is 577. The summed E-state index contributed by atoms with van der Waals surface area (Å²) in [4.78, 5) is 15.6. The van der Waals surface area contributed by atoms with E-state index in [4.69, 9.17) is 5.11 Å². The summed E-state index contributed by atoms with van der Waals surface area (Å²) in [5.74, 6) is -0.760. The summed E-state index contributed by atoms with van der Waals surface area (Å²) in [6.45, 7) is 5.50. The van der Waals surface area contributed by atoms with E-state index in [9.17, 15) is 4.79 Å². The molecule has 0 aliphatic rings. The van der Waals surface area contributed by atoms with Crippen molar-refractivity contribution in [3.63, 3.8) is 0 Å². The lowest BCUT2D eigenvalue weighted by Gasteiger charge is -2.24. The van der Waals surface area contributed by atoms with Crippen LogP contribution < -0.4 is 4.90 Å². The molecule has 0 aliphatic carbocycles. The Morgan fingerprint density at radius 1 is 1.25 bits per heavy atom. The molecule has 106 valence electrons. The van der Waals surface area contributed by atoms with E-state index >= 15 is 0 Å². The fraction of sp³-hybridized carbons (Fsp3) is 0.312. The lowest BCUT2D eigenvalue weighted by molar-refractivity contribution is -0.136. The lowest BCUT2D eigenvalue weighted by atomic mass is 10.2. The van der Waals surface area contributed by atoms with Crippen molar-refractivity contribution in [1.82, 2.24) is 0 Å². The Morgan fingerprint density at radius 3 is 2.50 bits per heavy atom. The summed E-state index contributed by atoms with van der Waals surface area (Å²) < 4.78 is 0. The van der Waals surface area contributed by atoms with Crippen molar-refractivity contribution in [2.75, 3.05) is 11.4 Å². The van der Waals surface area contributed by atoms with E-state index in [1.807, 2.05) is 30.3 Å². The zero-order valence-electron chi connectivity index (χ0n) is 11.8. The van der Waals surface area contributed by atoms with Crippen molar-refractivity contribution in [2.45, 2.75) is 26.8 Å². The summed E-state index contributed by atoms with van der Waals surface area (Å²) in [6, 6.07) is 12.2. The van der Waals surface area contributed by atoms with Crippen LogP contribution in [0, 0.1) is 13.8 Å². The third kappa shape index (κ3) is 3.84. The van der Waals surface area contributed by atoms with E-state index < -0.39 is 5.97 Å². The summed E-state index contributed by atoms with van der Waals surface area (Å²) in [5.41, 5.74) is 2.35. The molecule has 0 aliphatic heterocycles. The molecular weight excluding hydrogens is 270 g/mol. The van der Waals surface area contributed by atoms with Gasteiger partial charge in [-0.05, 0) is 37.6 Å². The van der Waals surface area contributed by atoms with Crippen LogP contribution in [0.3, 0.4) is 0 Å². The van der Waals surface area contributed by atoms with Crippen LogP contribution >= 0.6 is 11.3 Å². The minimum atomic E-state index is -0.760. The van der Waals surface area contributed by atoms with Crippen LogP contribution in [-0.2, 0) is 11.3 Å². The number of anilines is 1. The molecule has 0 saturated heterocycles. The maximum atomic E-state index is 10.8. The molecule has 0 saturated carbocycles. The van der Waals surface area contributed by atoms with Crippen molar-refractivity contribution >= 4 is 23.0 Å². The van der Waals surface area contributed by atoms with Gasteiger partial charge in [0.1, 0.15) is 0 Å². The molecule has 0 unspecified atom stereocenters. The third-order valence-electron chi connectivity index (χ3n) is 3.22. The standard InChI is InChI=1S/C16H19NO2S/c1-12-10-14(13(2)20-12)11-17(9-8-16(18)19)15-6-4-3-5-7-15/h3-7,10H,8-9,11H2,1-2H3,(H,18,19). The van der Waals surface area contributed by atoms with E-state index in [0.29, 0.717) is 6.54 Å². The molecular formula is C16H19NO2S. The molecule has 20 heavy (non-hydrogen) atoms. The molecule has 0 atom stereocenters. The normalized spacial score (nSPS) is 10.5. The van der Waals surface area contributed by atoms with Gasteiger partial charge in [-0.25, -0.2) is 0 Å². The van der Waals surface area contributed by atoms with Gasteiger partial charge in [0.2, 0.25) is 0 Å². The molecule has 0 amide bonds. The molecule has 2 rings (SSSR count). The highest BCUT2D eigenvalue weighted by atomic mass is 32.1. The number of benzene rings is 1. The molecule has 1 heterocycles. The van der Waals surface area contributed by atoms with Gasteiger partial charge in [0, 0.05) is 28.5 Å². The number of carbonyl (C=O) groups is 1. The van der Waals surface area contributed by atoms with Crippen molar-refractivity contribution in [2.24, 2.45) is 0 Å².